The number of nitrogens with one attached hydrogen (secondary N) is 1. The third-order valence-electron chi connectivity index (χ3n) is 3.46. The summed E-state index contributed by atoms with van der Waals surface area (Å²) in [5.74, 6) is 0.656. The van der Waals surface area contributed by atoms with Crippen LogP contribution < -0.4 is 10.1 Å². The van der Waals surface area contributed by atoms with Gasteiger partial charge < -0.3 is 10.1 Å². The van der Waals surface area contributed by atoms with Crippen LogP contribution in [0, 0.1) is 0 Å². The second kappa shape index (κ2) is 6.18. The molecule has 6 heteroatoms. The topological polar surface area (TPSA) is 47.0 Å². The van der Waals surface area contributed by atoms with Crippen LogP contribution in [0.3, 0.4) is 0 Å². The first-order valence-corrected chi connectivity index (χ1v) is 8.59. The Hall–Kier alpha value is -2.11. The van der Waals surface area contributed by atoms with Crippen LogP contribution in [0.2, 0.25) is 5.15 Å². The standard InChI is InChI=1S/C17H14ClN3OS/c18-14-10-13(8-9-19-14)22-16-15(11-4-2-1-3-5-11)21-17(23-16)20-12-6-7-12/h1-5,8-10,12H,6-7H2,(H,20,21). The number of thiazole rings is 1. The average molecular weight is 344 g/mol. The zero-order valence-electron chi connectivity index (χ0n) is 12.2. The molecule has 2 aromatic heterocycles. The lowest BCUT2D eigenvalue weighted by molar-refractivity contribution is 0.496. The molecule has 0 aliphatic heterocycles. The van der Waals surface area contributed by atoms with Gasteiger partial charge in [0.1, 0.15) is 16.6 Å². The molecule has 0 amide bonds. The molecule has 116 valence electrons. The van der Waals surface area contributed by atoms with Crippen molar-refractivity contribution in [3.63, 3.8) is 0 Å². The van der Waals surface area contributed by atoms with Crippen molar-refractivity contribution in [1.29, 1.82) is 0 Å². The van der Waals surface area contributed by atoms with Gasteiger partial charge in [-0.15, -0.1) is 0 Å². The summed E-state index contributed by atoms with van der Waals surface area (Å²) in [6.07, 6.45) is 4.04. The van der Waals surface area contributed by atoms with Crippen molar-refractivity contribution in [3.05, 3.63) is 53.8 Å². The fraction of sp³-hybridized carbons (Fsp3) is 0.176. The molecular weight excluding hydrogens is 330 g/mol. The zero-order chi connectivity index (χ0) is 15.6. The SMILES string of the molecule is Clc1cc(Oc2sc(NC3CC3)nc2-c2ccccc2)ccn1. The maximum Gasteiger partial charge on any atom is 0.210 e. The first-order valence-electron chi connectivity index (χ1n) is 7.40. The monoisotopic (exact) mass is 343 g/mol. The molecule has 1 saturated carbocycles. The molecule has 0 saturated heterocycles. The number of pyridine rings is 1. The van der Waals surface area contributed by atoms with Gasteiger partial charge in [0.2, 0.25) is 5.06 Å². The van der Waals surface area contributed by atoms with Crippen LogP contribution in [0.4, 0.5) is 5.13 Å². The van der Waals surface area contributed by atoms with Crippen molar-refractivity contribution >= 4 is 28.1 Å². The Morgan fingerprint density at radius 2 is 2.00 bits per heavy atom. The maximum atomic E-state index is 6.02. The Kier molecular flexibility index (Phi) is 3.89. The van der Waals surface area contributed by atoms with Crippen molar-refractivity contribution in [1.82, 2.24) is 9.97 Å². The molecule has 1 aliphatic rings. The summed E-state index contributed by atoms with van der Waals surface area (Å²) in [7, 11) is 0. The van der Waals surface area contributed by atoms with Crippen molar-refractivity contribution in [2.75, 3.05) is 5.32 Å². The van der Waals surface area contributed by atoms with E-state index in [-0.39, 0.29) is 0 Å². The van der Waals surface area contributed by atoms with E-state index < -0.39 is 0 Å². The minimum atomic E-state index is 0.407. The highest BCUT2D eigenvalue weighted by molar-refractivity contribution is 7.17. The van der Waals surface area contributed by atoms with Crippen LogP contribution >= 0.6 is 22.9 Å². The molecule has 3 aromatic rings. The van der Waals surface area contributed by atoms with Gasteiger partial charge in [-0.05, 0) is 18.9 Å². The third-order valence-corrected chi connectivity index (χ3v) is 4.53. The quantitative estimate of drug-likeness (QED) is 0.645. The number of hydrogen-bond donors (Lipinski definition) is 1. The van der Waals surface area contributed by atoms with Gasteiger partial charge in [-0.2, -0.15) is 0 Å². The molecule has 0 unspecified atom stereocenters. The Balaban J connectivity index is 1.69. The summed E-state index contributed by atoms with van der Waals surface area (Å²) < 4.78 is 6.02. The Labute approximate surface area is 143 Å². The number of ether oxygens (including phenoxy) is 1. The first-order chi connectivity index (χ1) is 11.3. The molecule has 2 heterocycles. The Bertz CT molecular complexity index is 818. The number of hydrogen-bond acceptors (Lipinski definition) is 5. The Morgan fingerprint density at radius 3 is 2.74 bits per heavy atom. The van der Waals surface area contributed by atoms with Crippen molar-refractivity contribution in [2.45, 2.75) is 18.9 Å². The van der Waals surface area contributed by atoms with Crippen molar-refractivity contribution in [3.8, 4) is 22.1 Å². The summed E-state index contributed by atoms with van der Waals surface area (Å²) in [4.78, 5) is 8.69. The van der Waals surface area contributed by atoms with Gasteiger partial charge in [0.05, 0.1) is 0 Å². The highest BCUT2D eigenvalue weighted by atomic mass is 35.5. The molecule has 0 radical (unpaired) electrons. The average Bonchev–Trinajstić information content (AvgIpc) is 3.28. The maximum absolute atomic E-state index is 6.02. The normalized spacial score (nSPS) is 13.8. The largest absolute Gasteiger partial charge is 0.444 e. The molecule has 23 heavy (non-hydrogen) atoms. The number of nitrogens with zero attached hydrogens (tertiary/aromatic N) is 2. The van der Waals surface area contributed by atoms with E-state index in [2.05, 4.69) is 10.3 Å². The molecule has 1 N–H and O–H groups in total. The molecule has 4 rings (SSSR count). The third kappa shape index (κ3) is 3.46. The van der Waals surface area contributed by atoms with E-state index in [4.69, 9.17) is 21.3 Å². The Morgan fingerprint density at radius 1 is 1.17 bits per heavy atom. The summed E-state index contributed by atoms with van der Waals surface area (Å²) in [5, 5.41) is 5.48. The predicted molar refractivity (Wildman–Crippen MR) is 93.5 cm³/mol. The van der Waals surface area contributed by atoms with Gasteiger partial charge in [-0.25, -0.2) is 9.97 Å². The number of rotatable bonds is 5. The van der Waals surface area contributed by atoms with Gasteiger partial charge in [0.25, 0.3) is 0 Å². The van der Waals surface area contributed by atoms with Crippen LogP contribution in [0.15, 0.2) is 48.7 Å². The van der Waals surface area contributed by atoms with E-state index >= 15 is 0 Å². The molecule has 0 atom stereocenters. The van der Waals surface area contributed by atoms with Crippen LogP contribution in [-0.2, 0) is 0 Å². The molecule has 1 fully saturated rings. The van der Waals surface area contributed by atoms with Gasteiger partial charge in [-0.3, -0.25) is 0 Å². The minimum absolute atomic E-state index is 0.407. The van der Waals surface area contributed by atoms with Crippen LogP contribution in [0.25, 0.3) is 11.3 Å². The minimum Gasteiger partial charge on any atom is -0.444 e. The smallest absolute Gasteiger partial charge is 0.210 e. The van der Waals surface area contributed by atoms with E-state index in [1.54, 1.807) is 18.3 Å². The fourth-order valence-corrected chi connectivity index (χ4v) is 3.27. The number of anilines is 1. The second-order valence-electron chi connectivity index (χ2n) is 5.36. The van der Waals surface area contributed by atoms with Crippen molar-refractivity contribution in [2.24, 2.45) is 0 Å². The summed E-state index contributed by atoms with van der Waals surface area (Å²) in [6, 6.07) is 14.1. The first kappa shape index (κ1) is 14.5. The summed E-state index contributed by atoms with van der Waals surface area (Å²) >= 11 is 7.45. The van der Waals surface area contributed by atoms with Gasteiger partial charge in [0.15, 0.2) is 5.13 Å². The molecule has 4 nitrogen and oxygen atoms in total. The van der Waals surface area contributed by atoms with E-state index in [0.29, 0.717) is 16.9 Å². The lowest BCUT2D eigenvalue weighted by Crippen LogP contribution is -1.99. The number of benzene rings is 1. The number of aromatic nitrogens is 2. The van der Waals surface area contributed by atoms with E-state index in [0.717, 1.165) is 21.5 Å². The van der Waals surface area contributed by atoms with E-state index in [1.165, 1.54) is 24.2 Å². The second-order valence-corrected chi connectivity index (χ2v) is 6.70. The zero-order valence-corrected chi connectivity index (χ0v) is 13.8. The van der Waals surface area contributed by atoms with Gasteiger partial charge in [0, 0.05) is 23.9 Å². The predicted octanol–water partition coefficient (Wildman–Crippen LogP) is 5.23. The molecule has 1 aromatic carbocycles. The van der Waals surface area contributed by atoms with Gasteiger partial charge in [-0.1, -0.05) is 53.3 Å². The molecular formula is C17H14ClN3OS. The van der Waals surface area contributed by atoms with Gasteiger partial charge >= 0.3 is 0 Å². The molecule has 0 bridgehead atoms. The molecule has 0 spiro atoms. The lowest BCUT2D eigenvalue weighted by Gasteiger charge is -2.05. The summed E-state index contributed by atoms with van der Waals surface area (Å²) in [5.41, 5.74) is 1.87. The lowest BCUT2D eigenvalue weighted by atomic mass is 10.2. The number of halogens is 1. The van der Waals surface area contributed by atoms with E-state index in [1.807, 2.05) is 30.3 Å². The van der Waals surface area contributed by atoms with Crippen molar-refractivity contribution < 1.29 is 4.74 Å². The van der Waals surface area contributed by atoms with Crippen LogP contribution in [-0.4, -0.2) is 16.0 Å². The summed E-state index contributed by atoms with van der Waals surface area (Å²) in [6.45, 7) is 0. The fourth-order valence-electron chi connectivity index (χ4n) is 2.17. The highest BCUT2D eigenvalue weighted by Gasteiger charge is 2.24. The van der Waals surface area contributed by atoms with Crippen LogP contribution in [0.1, 0.15) is 12.8 Å². The van der Waals surface area contributed by atoms with E-state index in [9.17, 15) is 0 Å². The molecule has 1 aliphatic carbocycles. The van der Waals surface area contributed by atoms with Crippen LogP contribution in [0.5, 0.6) is 10.8 Å². The highest BCUT2D eigenvalue weighted by Crippen LogP contribution is 2.41.